The minimum Gasteiger partial charge on any atom is -0.481 e. The number of aromatic nitrogens is 1. The van der Waals surface area contributed by atoms with E-state index >= 15 is 0 Å². The normalized spacial score (nSPS) is 12.6. The van der Waals surface area contributed by atoms with Gasteiger partial charge in [0, 0.05) is 18.0 Å². The topological polar surface area (TPSA) is 144 Å². The summed E-state index contributed by atoms with van der Waals surface area (Å²) in [5.41, 5.74) is 1.79. The summed E-state index contributed by atoms with van der Waals surface area (Å²) in [5, 5.41) is 15.3. The molecule has 212 valence electrons. The maximum atomic E-state index is 13.3. The molecule has 1 heterocycles. The Labute approximate surface area is 240 Å². The van der Waals surface area contributed by atoms with Crippen molar-refractivity contribution < 1.29 is 33.8 Å². The molecule has 0 saturated carbocycles. The summed E-state index contributed by atoms with van der Waals surface area (Å²) in [6.45, 7) is 4.36. The number of ether oxygens (including phenoxy) is 1. The summed E-state index contributed by atoms with van der Waals surface area (Å²) in [6.07, 6.45) is -0.768. The maximum absolute atomic E-state index is 13.3. The Morgan fingerprint density at radius 1 is 0.975 bits per heavy atom. The summed E-state index contributed by atoms with van der Waals surface area (Å²) in [5.74, 6) is -4.90. The molecule has 0 aliphatic rings. The van der Waals surface area contributed by atoms with Crippen molar-refractivity contribution in [2.75, 3.05) is 6.61 Å². The summed E-state index contributed by atoms with van der Waals surface area (Å²) < 4.78 is 6.73. The number of esters is 1. The van der Waals surface area contributed by atoms with Gasteiger partial charge in [0.15, 0.2) is 12.4 Å². The van der Waals surface area contributed by atoms with Crippen molar-refractivity contribution in [3.63, 3.8) is 0 Å². The zero-order valence-corrected chi connectivity index (χ0v) is 23.8. The largest absolute Gasteiger partial charge is 0.481 e. The fraction of sp³-hybridized carbons (Fsp3) is 0.321. The van der Waals surface area contributed by atoms with Gasteiger partial charge in [-0.1, -0.05) is 61.3 Å². The van der Waals surface area contributed by atoms with Gasteiger partial charge in [0.1, 0.15) is 17.8 Å². The van der Waals surface area contributed by atoms with Crippen LogP contribution in [0, 0.1) is 12.8 Å². The van der Waals surface area contributed by atoms with Crippen molar-refractivity contribution in [1.29, 1.82) is 0 Å². The van der Waals surface area contributed by atoms with Crippen LogP contribution in [0.4, 0.5) is 0 Å². The third kappa shape index (κ3) is 6.81. The Kier molecular flexibility index (Phi) is 9.94. The lowest BCUT2D eigenvalue weighted by molar-refractivity contribution is -0.141. The molecule has 3 N–H and O–H groups in total. The minimum absolute atomic E-state index is 0.0113. The lowest BCUT2D eigenvalue weighted by atomic mass is 10.0. The third-order valence-corrected chi connectivity index (χ3v) is 7.04. The Balaban J connectivity index is 1.75. The van der Waals surface area contributed by atoms with Gasteiger partial charge < -0.3 is 25.0 Å². The predicted molar refractivity (Wildman–Crippen MR) is 150 cm³/mol. The van der Waals surface area contributed by atoms with E-state index in [0.29, 0.717) is 5.69 Å². The number of halogens is 2. The number of amides is 2. The average Bonchev–Trinajstić information content (AvgIpc) is 3.14. The molecule has 3 rings (SSSR count). The van der Waals surface area contributed by atoms with Crippen molar-refractivity contribution >= 4 is 63.6 Å². The number of nitrogens with zero attached hydrogens (tertiary/aromatic N) is 1. The first-order valence-electron chi connectivity index (χ1n) is 12.3. The smallest absolute Gasteiger partial charge is 0.341 e. The molecule has 12 heteroatoms. The first-order chi connectivity index (χ1) is 18.8. The van der Waals surface area contributed by atoms with Crippen LogP contribution >= 0.6 is 23.2 Å². The molecule has 0 saturated heterocycles. The Bertz CT molecular complexity index is 1420. The number of aryl methyl sites for hydroxylation is 2. The number of ketones is 1. The zero-order chi connectivity index (χ0) is 29.7. The number of para-hydroxylation sites is 1. The van der Waals surface area contributed by atoms with Gasteiger partial charge in [0.25, 0.3) is 5.91 Å². The molecule has 1 aromatic heterocycles. The molecule has 0 spiro atoms. The monoisotopic (exact) mass is 589 g/mol. The highest BCUT2D eigenvalue weighted by Gasteiger charge is 2.32. The number of carbonyl (C=O) groups excluding carboxylic acids is 4. The molecule has 10 nitrogen and oxygen atoms in total. The standard InChI is InChI=1S/C28H29Cl2N3O7/c1-14(2)24(32-27(38)25-15(3)16-8-5-6-11-20(16)33(25)4)26(37)31-19(12-22(35)36)21(34)13-40-28(39)23-17(29)9-7-10-18(23)30/h5-11,14,19,24H,12-13H2,1-4H3,(H,31,37)(H,32,38)(H,35,36)/t19?,24-/m0/s1. The molecule has 0 bridgehead atoms. The summed E-state index contributed by atoms with van der Waals surface area (Å²) in [4.78, 5) is 63.2. The van der Waals surface area contributed by atoms with Crippen molar-refractivity contribution in [1.82, 2.24) is 15.2 Å². The van der Waals surface area contributed by atoms with Gasteiger partial charge in [0.05, 0.1) is 22.0 Å². The van der Waals surface area contributed by atoms with E-state index in [0.717, 1.165) is 16.5 Å². The second kappa shape index (κ2) is 13.0. The van der Waals surface area contributed by atoms with Crippen LogP contribution in [0.2, 0.25) is 10.0 Å². The van der Waals surface area contributed by atoms with Gasteiger partial charge in [-0.15, -0.1) is 0 Å². The van der Waals surface area contributed by atoms with Gasteiger partial charge in [-0.25, -0.2) is 4.79 Å². The van der Waals surface area contributed by atoms with Crippen LogP contribution in [0.15, 0.2) is 42.5 Å². The molecule has 0 aliphatic carbocycles. The van der Waals surface area contributed by atoms with E-state index in [9.17, 15) is 29.1 Å². The van der Waals surface area contributed by atoms with Gasteiger partial charge >= 0.3 is 11.9 Å². The number of aliphatic carboxylic acids is 1. The van der Waals surface area contributed by atoms with Gasteiger partial charge in [-0.05, 0) is 36.6 Å². The molecule has 2 aromatic carbocycles. The van der Waals surface area contributed by atoms with Gasteiger partial charge in [-0.3, -0.25) is 19.2 Å². The number of benzene rings is 2. The van der Waals surface area contributed by atoms with E-state index in [1.807, 2.05) is 24.3 Å². The molecular weight excluding hydrogens is 561 g/mol. The third-order valence-electron chi connectivity index (χ3n) is 6.41. The van der Waals surface area contributed by atoms with E-state index in [4.69, 9.17) is 27.9 Å². The first-order valence-corrected chi connectivity index (χ1v) is 13.1. The molecule has 0 aliphatic heterocycles. The van der Waals surface area contributed by atoms with E-state index in [1.165, 1.54) is 18.2 Å². The highest BCUT2D eigenvalue weighted by Crippen LogP contribution is 2.26. The number of carboxylic acid groups (broad SMARTS) is 1. The minimum atomic E-state index is -1.53. The van der Waals surface area contributed by atoms with E-state index in [1.54, 1.807) is 32.4 Å². The molecule has 2 amide bonds. The number of Topliss-reactive ketones (excluding diaryl/α,β-unsaturated/α-hetero) is 1. The molecule has 0 fully saturated rings. The molecule has 2 atom stereocenters. The van der Waals surface area contributed by atoms with Gasteiger partial charge in [0.2, 0.25) is 5.91 Å². The highest BCUT2D eigenvalue weighted by atomic mass is 35.5. The average molecular weight is 590 g/mol. The molecular formula is C28H29Cl2N3O7. The second-order valence-electron chi connectivity index (χ2n) is 9.54. The van der Waals surface area contributed by atoms with Crippen LogP contribution in [0.5, 0.6) is 0 Å². The lowest BCUT2D eigenvalue weighted by Crippen LogP contribution is -2.54. The predicted octanol–water partition coefficient (Wildman–Crippen LogP) is 3.93. The molecule has 1 unspecified atom stereocenters. The van der Waals surface area contributed by atoms with E-state index < -0.39 is 60.6 Å². The SMILES string of the molecule is Cc1c(C(=O)N[C@H](C(=O)NC(CC(=O)O)C(=O)COC(=O)c2c(Cl)cccc2Cl)C(C)C)n(C)c2ccccc12. The summed E-state index contributed by atoms with van der Waals surface area (Å²) in [6, 6.07) is 9.21. The van der Waals surface area contributed by atoms with Crippen molar-refractivity contribution in [3.8, 4) is 0 Å². The number of hydrogen-bond acceptors (Lipinski definition) is 6. The van der Waals surface area contributed by atoms with Crippen LogP contribution in [-0.4, -0.2) is 57.9 Å². The number of fused-ring (bicyclic) bond motifs is 1. The van der Waals surface area contributed by atoms with Crippen LogP contribution in [0.3, 0.4) is 0 Å². The Morgan fingerprint density at radius 2 is 1.60 bits per heavy atom. The lowest BCUT2D eigenvalue weighted by Gasteiger charge is -2.25. The number of rotatable bonds is 11. The molecule has 3 aromatic rings. The number of carbonyl (C=O) groups is 5. The van der Waals surface area contributed by atoms with Gasteiger partial charge in [-0.2, -0.15) is 0 Å². The fourth-order valence-electron chi connectivity index (χ4n) is 4.33. The van der Waals surface area contributed by atoms with Crippen molar-refractivity contribution in [3.05, 3.63) is 69.3 Å². The first kappa shape index (κ1) is 30.6. The van der Waals surface area contributed by atoms with Crippen molar-refractivity contribution in [2.45, 2.75) is 39.3 Å². The summed E-state index contributed by atoms with van der Waals surface area (Å²) >= 11 is 12.0. The Hall–Kier alpha value is -3.89. The van der Waals surface area contributed by atoms with Crippen LogP contribution < -0.4 is 10.6 Å². The quantitative estimate of drug-likeness (QED) is 0.287. The Morgan fingerprint density at radius 3 is 2.17 bits per heavy atom. The van der Waals surface area contributed by atoms with E-state index in [2.05, 4.69) is 10.6 Å². The van der Waals surface area contributed by atoms with Crippen LogP contribution in [-0.2, 0) is 26.2 Å². The number of nitrogens with one attached hydrogen (secondary N) is 2. The number of hydrogen-bond donors (Lipinski definition) is 3. The van der Waals surface area contributed by atoms with E-state index in [-0.39, 0.29) is 15.6 Å². The van der Waals surface area contributed by atoms with Crippen molar-refractivity contribution in [2.24, 2.45) is 13.0 Å². The molecule has 0 radical (unpaired) electrons. The fourth-order valence-corrected chi connectivity index (χ4v) is 4.89. The second-order valence-corrected chi connectivity index (χ2v) is 10.4. The zero-order valence-electron chi connectivity index (χ0n) is 22.3. The van der Waals surface area contributed by atoms with Crippen LogP contribution in [0.25, 0.3) is 10.9 Å². The molecule has 40 heavy (non-hydrogen) atoms. The maximum Gasteiger partial charge on any atom is 0.341 e. The van der Waals surface area contributed by atoms with Crippen LogP contribution in [0.1, 0.15) is 46.7 Å². The highest BCUT2D eigenvalue weighted by molar-refractivity contribution is 6.39. The summed E-state index contributed by atoms with van der Waals surface area (Å²) in [7, 11) is 1.74. The number of carboxylic acids is 1.